The third kappa shape index (κ3) is 2.52. The van der Waals surface area contributed by atoms with Crippen molar-refractivity contribution in [2.45, 2.75) is 31.6 Å². The Balaban J connectivity index is 1.91. The Labute approximate surface area is 136 Å². The van der Waals surface area contributed by atoms with Crippen LogP contribution in [0.3, 0.4) is 0 Å². The second-order valence-corrected chi connectivity index (χ2v) is 6.58. The summed E-state index contributed by atoms with van der Waals surface area (Å²) in [5.74, 6) is 0.171. The molecule has 3 heteroatoms. The summed E-state index contributed by atoms with van der Waals surface area (Å²) >= 11 is 5.98. The Morgan fingerprint density at radius 3 is 2.14 bits per heavy atom. The zero-order valence-electron chi connectivity index (χ0n) is 13.0. The maximum Gasteiger partial charge on any atom is 0.237 e. The van der Waals surface area contributed by atoms with Crippen LogP contribution in [0.4, 0.5) is 5.69 Å². The number of rotatable bonds is 3. The Hall–Kier alpha value is -1.80. The van der Waals surface area contributed by atoms with Gasteiger partial charge in [0.05, 0.1) is 5.41 Å². The zero-order chi connectivity index (χ0) is 15.7. The molecular weight excluding hydrogens is 294 g/mol. The Bertz CT molecular complexity index is 672. The lowest BCUT2D eigenvalue weighted by molar-refractivity contribution is -0.126. The van der Waals surface area contributed by atoms with Gasteiger partial charge in [-0.2, -0.15) is 0 Å². The van der Waals surface area contributed by atoms with Crippen molar-refractivity contribution in [3.63, 3.8) is 0 Å². The van der Waals surface area contributed by atoms with Crippen molar-refractivity contribution in [3.8, 4) is 0 Å². The average molecular weight is 314 g/mol. The second-order valence-electron chi connectivity index (χ2n) is 6.14. The first-order valence-electron chi connectivity index (χ1n) is 7.64. The van der Waals surface area contributed by atoms with Gasteiger partial charge >= 0.3 is 0 Å². The van der Waals surface area contributed by atoms with Crippen LogP contribution >= 0.6 is 11.6 Å². The van der Waals surface area contributed by atoms with Gasteiger partial charge in [-0.15, -0.1) is 0 Å². The smallest absolute Gasteiger partial charge is 0.237 e. The quantitative estimate of drug-likeness (QED) is 0.802. The van der Waals surface area contributed by atoms with Gasteiger partial charge in [-0.1, -0.05) is 47.9 Å². The van der Waals surface area contributed by atoms with Gasteiger partial charge in [0.2, 0.25) is 5.91 Å². The van der Waals surface area contributed by atoms with Crippen molar-refractivity contribution in [3.05, 3.63) is 64.7 Å². The molecule has 1 aliphatic carbocycles. The molecule has 1 fully saturated rings. The number of hydrogen-bond acceptors (Lipinski definition) is 1. The molecule has 2 aromatic carbocycles. The molecule has 0 bridgehead atoms. The SMILES string of the molecule is Cc1ccc(N(C)C(=O)C2(c3ccc(Cl)cc3)CCC2)cc1. The lowest BCUT2D eigenvalue weighted by atomic mass is 9.63. The summed E-state index contributed by atoms with van der Waals surface area (Å²) < 4.78 is 0. The lowest BCUT2D eigenvalue weighted by Gasteiger charge is -2.43. The van der Waals surface area contributed by atoms with Gasteiger partial charge in [0, 0.05) is 17.8 Å². The van der Waals surface area contributed by atoms with Crippen molar-refractivity contribution < 1.29 is 4.79 Å². The summed E-state index contributed by atoms with van der Waals surface area (Å²) in [6, 6.07) is 15.8. The summed E-state index contributed by atoms with van der Waals surface area (Å²) in [5, 5.41) is 0.706. The van der Waals surface area contributed by atoms with Crippen molar-refractivity contribution in [1.82, 2.24) is 0 Å². The van der Waals surface area contributed by atoms with E-state index in [0.717, 1.165) is 30.5 Å². The molecule has 0 aromatic heterocycles. The summed E-state index contributed by atoms with van der Waals surface area (Å²) in [4.78, 5) is 14.9. The number of carbonyl (C=O) groups is 1. The molecule has 3 rings (SSSR count). The molecule has 2 aromatic rings. The number of halogens is 1. The van der Waals surface area contributed by atoms with E-state index in [4.69, 9.17) is 11.6 Å². The van der Waals surface area contributed by atoms with Crippen LogP contribution in [0, 0.1) is 6.92 Å². The molecule has 0 unspecified atom stereocenters. The third-order valence-corrected chi connectivity index (χ3v) is 4.99. The summed E-state index contributed by atoms with van der Waals surface area (Å²) in [6.45, 7) is 2.05. The molecule has 1 amide bonds. The van der Waals surface area contributed by atoms with Crippen LogP contribution in [-0.4, -0.2) is 13.0 Å². The van der Waals surface area contributed by atoms with E-state index >= 15 is 0 Å². The fourth-order valence-electron chi connectivity index (χ4n) is 3.13. The molecule has 2 nitrogen and oxygen atoms in total. The topological polar surface area (TPSA) is 20.3 Å². The van der Waals surface area contributed by atoms with E-state index in [-0.39, 0.29) is 11.3 Å². The summed E-state index contributed by atoms with van der Waals surface area (Å²) in [7, 11) is 1.86. The number of hydrogen-bond donors (Lipinski definition) is 0. The maximum atomic E-state index is 13.1. The molecule has 22 heavy (non-hydrogen) atoms. The highest BCUT2D eigenvalue weighted by Gasteiger charge is 2.47. The highest BCUT2D eigenvalue weighted by molar-refractivity contribution is 6.30. The molecular formula is C19H20ClNO. The fourth-order valence-corrected chi connectivity index (χ4v) is 3.26. The number of likely N-dealkylation sites (N-methyl/N-ethyl adjacent to an activating group) is 1. The molecule has 0 radical (unpaired) electrons. The Morgan fingerprint density at radius 2 is 1.64 bits per heavy atom. The minimum absolute atomic E-state index is 0.171. The predicted octanol–water partition coefficient (Wildman–Crippen LogP) is 4.73. The van der Waals surface area contributed by atoms with Crippen LogP contribution < -0.4 is 4.90 Å². The van der Waals surface area contributed by atoms with Crippen LogP contribution in [-0.2, 0) is 10.2 Å². The number of nitrogens with zero attached hydrogens (tertiary/aromatic N) is 1. The first-order chi connectivity index (χ1) is 10.5. The number of carbonyl (C=O) groups excluding carboxylic acids is 1. The minimum Gasteiger partial charge on any atom is -0.315 e. The molecule has 1 saturated carbocycles. The highest BCUT2D eigenvalue weighted by Crippen LogP contribution is 2.45. The molecule has 0 atom stereocenters. The Morgan fingerprint density at radius 1 is 1.05 bits per heavy atom. The molecule has 0 N–H and O–H groups in total. The molecule has 0 heterocycles. The van der Waals surface area contributed by atoms with Crippen molar-refractivity contribution in [2.24, 2.45) is 0 Å². The van der Waals surface area contributed by atoms with Gasteiger partial charge in [-0.25, -0.2) is 0 Å². The molecule has 1 aliphatic rings. The van der Waals surface area contributed by atoms with Gasteiger partial charge in [0.25, 0.3) is 0 Å². The van der Waals surface area contributed by atoms with Crippen molar-refractivity contribution in [2.75, 3.05) is 11.9 Å². The van der Waals surface area contributed by atoms with Gasteiger partial charge in [-0.05, 0) is 49.6 Å². The van der Waals surface area contributed by atoms with Gasteiger partial charge in [-0.3, -0.25) is 4.79 Å². The summed E-state index contributed by atoms with van der Waals surface area (Å²) in [5.41, 5.74) is 2.83. The van der Waals surface area contributed by atoms with Crippen LogP contribution in [0.1, 0.15) is 30.4 Å². The molecule has 114 valence electrons. The number of amides is 1. The average Bonchev–Trinajstić information content (AvgIpc) is 2.48. The minimum atomic E-state index is -0.385. The van der Waals surface area contributed by atoms with Crippen molar-refractivity contribution in [1.29, 1.82) is 0 Å². The van der Waals surface area contributed by atoms with E-state index < -0.39 is 0 Å². The first kappa shape index (κ1) is 15.1. The largest absolute Gasteiger partial charge is 0.315 e. The number of anilines is 1. The van der Waals surface area contributed by atoms with E-state index in [1.54, 1.807) is 4.90 Å². The predicted molar refractivity (Wildman–Crippen MR) is 91.6 cm³/mol. The van der Waals surface area contributed by atoms with Gasteiger partial charge < -0.3 is 4.90 Å². The van der Waals surface area contributed by atoms with Crippen LogP contribution in [0.25, 0.3) is 0 Å². The van der Waals surface area contributed by atoms with E-state index in [1.807, 2.05) is 62.5 Å². The number of benzene rings is 2. The third-order valence-electron chi connectivity index (χ3n) is 4.74. The molecule has 0 saturated heterocycles. The van der Waals surface area contributed by atoms with E-state index in [9.17, 15) is 4.79 Å². The first-order valence-corrected chi connectivity index (χ1v) is 8.02. The normalized spacial score (nSPS) is 16.0. The molecule has 0 aliphatic heterocycles. The van der Waals surface area contributed by atoms with Gasteiger partial charge in [0.15, 0.2) is 0 Å². The van der Waals surface area contributed by atoms with E-state index in [0.29, 0.717) is 5.02 Å². The fraction of sp³-hybridized carbons (Fsp3) is 0.316. The second kappa shape index (κ2) is 5.77. The monoisotopic (exact) mass is 313 g/mol. The van der Waals surface area contributed by atoms with Crippen LogP contribution in [0.2, 0.25) is 5.02 Å². The van der Waals surface area contributed by atoms with Gasteiger partial charge in [0.1, 0.15) is 0 Å². The maximum absolute atomic E-state index is 13.1. The van der Waals surface area contributed by atoms with E-state index in [1.165, 1.54) is 5.56 Å². The van der Waals surface area contributed by atoms with Crippen LogP contribution in [0.5, 0.6) is 0 Å². The van der Waals surface area contributed by atoms with Crippen LogP contribution in [0.15, 0.2) is 48.5 Å². The zero-order valence-corrected chi connectivity index (χ0v) is 13.7. The number of aryl methyl sites for hydroxylation is 1. The van der Waals surface area contributed by atoms with Crippen molar-refractivity contribution >= 4 is 23.2 Å². The summed E-state index contributed by atoms with van der Waals surface area (Å²) in [6.07, 6.45) is 2.91. The lowest BCUT2D eigenvalue weighted by Crippen LogP contribution is -2.50. The van der Waals surface area contributed by atoms with E-state index in [2.05, 4.69) is 0 Å². The Kier molecular flexibility index (Phi) is 3.96. The standard InChI is InChI=1S/C19H20ClNO/c1-14-4-10-17(11-5-14)21(2)18(22)19(12-3-13-19)15-6-8-16(20)9-7-15/h4-11H,3,12-13H2,1-2H3. The highest BCUT2D eigenvalue weighted by atomic mass is 35.5. The molecule has 0 spiro atoms.